The Morgan fingerprint density at radius 1 is 1.03 bits per heavy atom. The first-order chi connectivity index (χ1) is 13.7. The topological polar surface area (TPSA) is 64.8 Å². The zero-order valence-corrected chi connectivity index (χ0v) is 19.4. The van der Waals surface area contributed by atoms with Crippen LogP contribution in [0.2, 0.25) is 16.6 Å². The molecule has 1 fully saturated rings. The first-order valence-corrected chi connectivity index (χ1v) is 12.4. The number of anilines is 1. The van der Waals surface area contributed by atoms with Crippen LogP contribution in [-0.4, -0.2) is 32.4 Å². The average molecular weight is 417 g/mol. The highest BCUT2D eigenvalue weighted by molar-refractivity contribution is 6.77. The van der Waals surface area contributed by atoms with Gasteiger partial charge < -0.3 is 13.6 Å². The number of aromatic nitrogens is 1. The molecule has 0 spiro atoms. The van der Waals surface area contributed by atoms with Gasteiger partial charge in [-0.15, -0.1) is 0 Å². The van der Waals surface area contributed by atoms with E-state index in [4.69, 9.17) is 13.6 Å². The van der Waals surface area contributed by atoms with Gasteiger partial charge in [-0.05, 0) is 40.9 Å². The van der Waals surface area contributed by atoms with Crippen molar-refractivity contribution in [3.8, 4) is 5.75 Å². The van der Waals surface area contributed by atoms with E-state index in [1.807, 2.05) is 24.3 Å². The largest absolute Gasteiger partial charge is 0.497 e. The van der Waals surface area contributed by atoms with E-state index in [0.717, 1.165) is 11.4 Å². The third-order valence-corrected chi connectivity index (χ3v) is 12.3. The van der Waals surface area contributed by atoms with Gasteiger partial charge in [-0.25, -0.2) is 4.98 Å². The van der Waals surface area contributed by atoms with Crippen LogP contribution in [0, 0.1) is 0 Å². The molecule has 1 aromatic carbocycles. The Balaban J connectivity index is 1.97. The number of methoxy groups -OCH3 is 1. The number of benzene rings is 1. The van der Waals surface area contributed by atoms with Crippen molar-refractivity contribution in [3.63, 3.8) is 0 Å². The molecule has 3 rings (SSSR count). The standard InChI is InChI=1S/C22H32N2O4Si/c1-14(2)29(15(3)4,16(5)6)28-21-20(19-12-23-13-27-19)24(22(21)25)17-8-10-18(26-7)11-9-17/h8-16,20-21H,1-7H3. The second-order valence-electron chi connectivity index (χ2n) is 8.61. The Hall–Kier alpha value is -2.12. The zero-order valence-electron chi connectivity index (χ0n) is 18.4. The smallest absolute Gasteiger partial charge is 0.258 e. The Bertz CT molecular complexity index is 796. The van der Waals surface area contributed by atoms with Crippen LogP contribution < -0.4 is 9.64 Å². The van der Waals surface area contributed by atoms with E-state index >= 15 is 0 Å². The van der Waals surface area contributed by atoms with Crippen molar-refractivity contribution in [2.24, 2.45) is 0 Å². The molecule has 0 bridgehead atoms. The summed E-state index contributed by atoms with van der Waals surface area (Å²) in [6.45, 7) is 13.3. The van der Waals surface area contributed by atoms with Crippen LogP contribution in [0.1, 0.15) is 53.3 Å². The van der Waals surface area contributed by atoms with E-state index < -0.39 is 14.4 Å². The highest BCUT2D eigenvalue weighted by Crippen LogP contribution is 2.48. The van der Waals surface area contributed by atoms with Crippen LogP contribution in [0.5, 0.6) is 5.75 Å². The van der Waals surface area contributed by atoms with Crippen molar-refractivity contribution in [1.82, 2.24) is 4.98 Å². The molecular weight excluding hydrogens is 384 g/mol. The molecule has 1 aromatic heterocycles. The maximum atomic E-state index is 13.3. The Morgan fingerprint density at radius 3 is 2.07 bits per heavy atom. The summed E-state index contributed by atoms with van der Waals surface area (Å²) in [7, 11) is -0.607. The fourth-order valence-electron chi connectivity index (χ4n) is 4.88. The van der Waals surface area contributed by atoms with Gasteiger partial charge in [-0.2, -0.15) is 0 Å². The van der Waals surface area contributed by atoms with Gasteiger partial charge in [0, 0.05) is 5.69 Å². The van der Waals surface area contributed by atoms with Gasteiger partial charge in [-0.1, -0.05) is 41.5 Å². The third kappa shape index (κ3) is 3.62. The Labute approximate surface area is 174 Å². The zero-order chi connectivity index (χ0) is 21.3. The second-order valence-corrected chi connectivity index (χ2v) is 14.0. The van der Waals surface area contributed by atoms with Crippen molar-refractivity contribution >= 4 is 19.9 Å². The van der Waals surface area contributed by atoms with Gasteiger partial charge in [0.15, 0.2) is 12.5 Å². The van der Waals surface area contributed by atoms with E-state index in [1.165, 1.54) is 6.39 Å². The maximum absolute atomic E-state index is 13.3. The fourth-order valence-corrected chi connectivity index (χ4v) is 10.4. The molecule has 0 saturated carbocycles. The van der Waals surface area contributed by atoms with Crippen molar-refractivity contribution in [2.45, 2.75) is 70.3 Å². The lowest BCUT2D eigenvalue weighted by Gasteiger charge is -2.52. The minimum Gasteiger partial charge on any atom is -0.497 e. The molecule has 2 aromatic rings. The van der Waals surface area contributed by atoms with Crippen LogP contribution in [0.15, 0.2) is 41.3 Å². The minimum absolute atomic E-state index is 0.0320. The molecule has 0 aliphatic carbocycles. The molecule has 158 valence electrons. The first kappa shape index (κ1) is 21.6. The van der Waals surface area contributed by atoms with Crippen molar-refractivity contribution in [2.75, 3.05) is 12.0 Å². The van der Waals surface area contributed by atoms with Crippen molar-refractivity contribution < 1.29 is 18.4 Å². The van der Waals surface area contributed by atoms with Crippen LogP contribution in [-0.2, 0) is 9.22 Å². The maximum Gasteiger partial charge on any atom is 0.258 e. The molecule has 1 amide bonds. The lowest BCUT2D eigenvalue weighted by molar-refractivity contribution is -0.136. The summed E-state index contributed by atoms with van der Waals surface area (Å²) in [5, 5.41) is 0. The third-order valence-electron chi connectivity index (χ3n) is 6.18. The highest BCUT2D eigenvalue weighted by Gasteiger charge is 2.57. The van der Waals surface area contributed by atoms with E-state index in [2.05, 4.69) is 46.5 Å². The van der Waals surface area contributed by atoms with Crippen LogP contribution in [0.25, 0.3) is 0 Å². The normalized spacial score (nSPS) is 19.9. The quantitative estimate of drug-likeness (QED) is 0.430. The van der Waals surface area contributed by atoms with Crippen molar-refractivity contribution in [1.29, 1.82) is 0 Å². The van der Waals surface area contributed by atoms with E-state index in [0.29, 0.717) is 22.4 Å². The van der Waals surface area contributed by atoms with Crippen molar-refractivity contribution in [3.05, 3.63) is 42.6 Å². The number of ether oxygens (including phenoxy) is 1. The first-order valence-electron chi connectivity index (χ1n) is 10.3. The fraction of sp³-hybridized carbons (Fsp3) is 0.545. The molecule has 1 aliphatic rings. The number of nitrogens with zero attached hydrogens (tertiary/aromatic N) is 2. The van der Waals surface area contributed by atoms with E-state index in [-0.39, 0.29) is 11.9 Å². The Kier molecular flexibility index (Phi) is 6.19. The molecule has 2 unspecified atom stereocenters. The number of hydrogen-bond donors (Lipinski definition) is 0. The van der Waals surface area contributed by atoms with Gasteiger partial charge in [0.1, 0.15) is 17.6 Å². The molecule has 7 heteroatoms. The molecule has 6 nitrogen and oxygen atoms in total. The SMILES string of the molecule is COc1ccc(N2C(=O)C(O[Si](C(C)C)(C(C)C)C(C)C)C2c2cnco2)cc1. The molecule has 2 heterocycles. The predicted molar refractivity (Wildman–Crippen MR) is 116 cm³/mol. The number of carbonyl (C=O) groups is 1. The van der Waals surface area contributed by atoms with Gasteiger partial charge in [0.05, 0.1) is 13.3 Å². The number of rotatable bonds is 8. The van der Waals surface area contributed by atoms with Crippen LogP contribution in [0.3, 0.4) is 0 Å². The predicted octanol–water partition coefficient (Wildman–Crippen LogP) is 5.33. The summed E-state index contributed by atoms with van der Waals surface area (Å²) in [5.74, 6) is 1.36. The molecule has 29 heavy (non-hydrogen) atoms. The van der Waals surface area contributed by atoms with Gasteiger partial charge >= 0.3 is 0 Å². The van der Waals surface area contributed by atoms with Gasteiger partial charge in [0.25, 0.3) is 5.91 Å². The van der Waals surface area contributed by atoms with E-state index in [1.54, 1.807) is 18.2 Å². The summed E-state index contributed by atoms with van der Waals surface area (Å²) in [6.07, 6.45) is 2.52. The monoisotopic (exact) mass is 416 g/mol. The summed E-state index contributed by atoms with van der Waals surface area (Å²) < 4.78 is 17.7. The summed E-state index contributed by atoms with van der Waals surface area (Å²) in [6, 6.07) is 7.15. The Morgan fingerprint density at radius 2 is 1.62 bits per heavy atom. The summed E-state index contributed by atoms with van der Waals surface area (Å²) in [4.78, 5) is 19.1. The van der Waals surface area contributed by atoms with Crippen LogP contribution in [0.4, 0.5) is 5.69 Å². The number of amides is 1. The summed E-state index contributed by atoms with van der Waals surface area (Å²) in [5.41, 5.74) is 1.96. The number of β-lactam (4-membered cyclic amide) rings is 1. The lowest BCUT2D eigenvalue weighted by atomic mass is 9.95. The molecule has 1 aliphatic heterocycles. The summed E-state index contributed by atoms with van der Waals surface area (Å²) >= 11 is 0. The minimum atomic E-state index is -2.23. The molecule has 0 N–H and O–H groups in total. The second kappa shape index (κ2) is 8.32. The number of carbonyl (C=O) groups excluding carboxylic acids is 1. The highest BCUT2D eigenvalue weighted by atomic mass is 28.4. The lowest BCUT2D eigenvalue weighted by Crippen LogP contribution is -2.65. The van der Waals surface area contributed by atoms with Crippen LogP contribution >= 0.6 is 0 Å². The molecule has 2 atom stereocenters. The number of oxazole rings is 1. The number of hydrogen-bond acceptors (Lipinski definition) is 5. The van der Waals surface area contributed by atoms with Gasteiger partial charge in [0.2, 0.25) is 8.32 Å². The average Bonchev–Trinajstić information content (AvgIpc) is 3.19. The van der Waals surface area contributed by atoms with Gasteiger partial charge in [-0.3, -0.25) is 9.69 Å². The van der Waals surface area contributed by atoms with E-state index in [9.17, 15) is 4.79 Å². The molecular formula is C22H32N2O4Si. The molecule has 0 radical (unpaired) electrons. The molecule has 1 saturated heterocycles.